The van der Waals surface area contributed by atoms with E-state index in [0.29, 0.717) is 38.3 Å². The Bertz CT molecular complexity index is 784. The quantitative estimate of drug-likeness (QED) is 0.882. The second-order valence-electron chi connectivity index (χ2n) is 6.08. The minimum atomic E-state index is -0.991. The van der Waals surface area contributed by atoms with Crippen LogP contribution < -0.4 is 4.90 Å². The summed E-state index contributed by atoms with van der Waals surface area (Å²) < 4.78 is 5.18. The number of carboxylic acids is 1. The van der Waals surface area contributed by atoms with Crippen LogP contribution in [0.1, 0.15) is 26.3 Å². The summed E-state index contributed by atoms with van der Waals surface area (Å²) >= 11 is 0. The summed E-state index contributed by atoms with van der Waals surface area (Å²) in [6.45, 7) is 2.88. The van der Waals surface area contributed by atoms with Crippen LogP contribution >= 0.6 is 0 Å². The van der Waals surface area contributed by atoms with E-state index in [4.69, 9.17) is 9.84 Å². The number of carbonyl (C=O) groups is 2. The molecule has 1 fully saturated rings. The third-order valence-corrected chi connectivity index (χ3v) is 4.43. The zero-order valence-corrected chi connectivity index (χ0v) is 14.6. The summed E-state index contributed by atoms with van der Waals surface area (Å²) in [6, 6.07) is 10.7. The maximum absolute atomic E-state index is 12.8. The number of aromatic nitrogens is 1. The summed E-state index contributed by atoms with van der Waals surface area (Å²) in [5.74, 6) is -0.262. The molecule has 0 bridgehead atoms. The largest absolute Gasteiger partial charge is 0.478 e. The van der Waals surface area contributed by atoms with Gasteiger partial charge in [0.1, 0.15) is 5.82 Å². The monoisotopic (exact) mass is 355 g/mol. The predicted octanol–water partition coefficient (Wildman–Crippen LogP) is 1.89. The lowest BCUT2D eigenvalue weighted by atomic mass is 10.1. The number of rotatable bonds is 5. The molecule has 0 radical (unpaired) electrons. The van der Waals surface area contributed by atoms with Crippen LogP contribution in [0.3, 0.4) is 0 Å². The van der Waals surface area contributed by atoms with Crippen molar-refractivity contribution in [2.75, 3.05) is 38.2 Å². The van der Waals surface area contributed by atoms with Crippen LogP contribution in [-0.2, 0) is 11.3 Å². The molecule has 0 saturated carbocycles. The molecular formula is C19H21N3O4. The molecule has 7 nitrogen and oxygen atoms in total. The molecule has 1 aromatic heterocycles. The normalized spacial score (nSPS) is 14.3. The molecular weight excluding hydrogens is 334 g/mol. The van der Waals surface area contributed by atoms with Crippen molar-refractivity contribution in [3.8, 4) is 0 Å². The summed E-state index contributed by atoms with van der Waals surface area (Å²) in [5, 5.41) is 8.94. The van der Waals surface area contributed by atoms with E-state index in [1.807, 2.05) is 29.2 Å². The minimum Gasteiger partial charge on any atom is -0.478 e. The average Bonchev–Trinajstić information content (AvgIpc) is 2.68. The van der Waals surface area contributed by atoms with Crippen LogP contribution in [0.4, 0.5) is 5.82 Å². The molecule has 0 aliphatic carbocycles. The Labute approximate surface area is 151 Å². The fourth-order valence-corrected chi connectivity index (χ4v) is 3.02. The number of piperazine rings is 1. The van der Waals surface area contributed by atoms with E-state index in [1.54, 1.807) is 19.2 Å². The number of hydrogen-bond acceptors (Lipinski definition) is 5. The lowest BCUT2D eigenvalue weighted by Gasteiger charge is -2.35. The highest BCUT2D eigenvalue weighted by molar-refractivity contribution is 5.95. The van der Waals surface area contributed by atoms with Crippen molar-refractivity contribution in [2.24, 2.45) is 0 Å². The Kier molecular flexibility index (Phi) is 5.48. The number of benzene rings is 1. The number of nitrogens with zero attached hydrogens (tertiary/aromatic N) is 3. The van der Waals surface area contributed by atoms with Gasteiger partial charge in [-0.05, 0) is 23.8 Å². The van der Waals surface area contributed by atoms with Crippen molar-refractivity contribution in [3.05, 3.63) is 59.3 Å². The Hall–Kier alpha value is -2.93. The Morgan fingerprint density at radius 2 is 1.85 bits per heavy atom. The van der Waals surface area contributed by atoms with Gasteiger partial charge in [0.05, 0.1) is 12.2 Å². The summed E-state index contributed by atoms with van der Waals surface area (Å²) in [4.78, 5) is 31.8. The van der Waals surface area contributed by atoms with E-state index in [9.17, 15) is 9.59 Å². The lowest BCUT2D eigenvalue weighted by Crippen LogP contribution is -2.49. The number of ether oxygens (including phenoxy) is 1. The van der Waals surface area contributed by atoms with Gasteiger partial charge in [-0.1, -0.05) is 18.2 Å². The Morgan fingerprint density at radius 3 is 2.46 bits per heavy atom. The van der Waals surface area contributed by atoms with Gasteiger partial charge in [0, 0.05) is 45.0 Å². The Balaban J connectivity index is 1.65. The molecule has 26 heavy (non-hydrogen) atoms. The van der Waals surface area contributed by atoms with Crippen LogP contribution in [-0.4, -0.2) is 60.2 Å². The van der Waals surface area contributed by atoms with Gasteiger partial charge < -0.3 is 19.6 Å². The third kappa shape index (κ3) is 3.83. The lowest BCUT2D eigenvalue weighted by molar-refractivity contribution is 0.0694. The molecule has 0 unspecified atom stereocenters. The van der Waals surface area contributed by atoms with Gasteiger partial charge >= 0.3 is 5.97 Å². The van der Waals surface area contributed by atoms with Crippen LogP contribution in [0.25, 0.3) is 0 Å². The van der Waals surface area contributed by atoms with E-state index >= 15 is 0 Å². The van der Waals surface area contributed by atoms with Gasteiger partial charge in [-0.3, -0.25) is 4.79 Å². The molecule has 2 aromatic rings. The van der Waals surface area contributed by atoms with Crippen molar-refractivity contribution >= 4 is 17.7 Å². The van der Waals surface area contributed by atoms with E-state index in [2.05, 4.69) is 9.88 Å². The standard InChI is InChI=1S/C19H21N3O4/c1-26-13-15-4-2-3-5-16(15)18(23)22-10-8-21(9-11-22)17-7-6-14(12-20-17)19(24)25/h2-7,12H,8-11,13H2,1H3,(H,24,25). The van der Waals surface area contributed by atoms with Crippen LogP contribution in [0.15, 0.2) is 42.6 Å². The first-order chi connectivity index (χ1) is 12.6. The van der Waals surface area contributed by atoms with Gasteiger partial charge in [-0.15, -0.1) is 0 Å². The number of anilines is 1. The molecule has 2 heterocycles. The van der Waals surface area contributed by atoms with Crippen molar-refractivity contribution in [3.63, 3.8) is 0 Å². The highest BCUT2D eigenvalue weighted by Gasteiger charge is 2.24. The van der Waals surface area contributed by atoms with Crippen molar-refractivity contribution in [1.29, 1.82) is 0 Å². The second kappa shape index (κ2) is 7.97. The van der Waals surface area contributed by atoms with Crippen molar-refractivity contribution < 1.29 is 19.4 Å². The van der Waals surface area contributed by atoms with E-state index < -0.39 is 5.97 Å². The maximum atomic E-state index is 12.8. The molecule has 1 aliphatic rings. The molecule has 136 valence electrons. The summed E-state index contributed by atoms with van der Waals surface area (Å²) in [7, 11) is 1.61. The topological polar surface area (TPSA) is 83.0 Å². The van der Waals surface area contributed by atoms with Crippen molar-refractivity contribution in [1.82, 2.24) is 9.88 Å². The Morgan fingerprint density at radius 1 is 1.12 bits per heavy atom. The molecule has 1 amide bonds. The van der Waals surface area contributed by atoms with Gasteiger partial charge in [0.25, 0.3) is 5.91 Å². The molecule has 1 aromatic carbocycles. The molecule has 1 aliphatic heterocycles. The van der Waals surface area contributed by atoms with E-state index in [0.717, 1.165) is 11.4 Å². The number of pyridine rings is 1. The van der Waals surface area contributed by atoms with E-state index in [-0.39, 0.29) is 11.5 Å². The first-order valence-electron chi connectivity index (χ1n) is 8.40. The van der Waals surface area contributed by atoms with Crippen LogP contribution in [0, 0.1) is 0 Å². The van der Waals surface area contributed by atoms with Crippen molar-refractivity contribution in [2.45, 2.75) is 6.61 Å². The molecule has 3 rings (SSSR count). The number of hydrogen-bond donors (Lipinski definition) is 1. The SMILES string of the molecule is COCc1ccccc1C(=O)N1CCN(c2ccc(C(=O)O)cn2)CC1. The maximum Gasteiger partial charge on any atom is 0.337 e. The number of carbonyl (C=O) groups excluding carboxylic acids is 1. The zero-order chi connectivity index (χ0) is 18.5. The first kappa shape index (κ1) is 17.9. The van der Waals surface area contributed by atoms with E-state index in [1.165, 1.54) is 6.20 Å². The zero-order valence-electron chi connectivity index (χ0n) is 14.6. The number of amides is 1. The first-order valence-corrected chi connectivity index (χ1v) is 8.40. The fraction of sp³-hybridized carbons (Fsp3) is 0.316. The molecule has 0 spiro atoms. The van der Waals surface area contributed by atoms with Crippen LogP contribution in [0.2, 0.25) is 0 Å². The van der Waals surface area contributed by atoms with Gasteiger partial charge in [0.15, 0.2) is 0 Å². The average molecular weight is 355 g/mol. The molecule has 1 saturated heterocycles. The fourth-order valence-electron chi connectivity index (χ4n) is 3.02. The highest BCUT2D eigenvalue weighted by atomic mass is 16.5. The molecule has 7 heteroatoms. The smallest absolute Gasteiger partial charge is 0.337 e. The number of carboxylic acid groups (broad SMARTS) is 1. The summed E-state index contributed by atoms with van der Waals surface area (Å²) in [5.41, 5.74) is 1.72. The third-order valence-electron chi connectivity index (χ3n) is 4.43. The van der Waals surface area contributed by atoms with Gasteiger partial charge in [-0.2, -0.15) is 0 Å². The minimum absolute atomic E-state index is 0.00600. The molecule has 0 atom stereocenters. The number of aromatic carboxylic acids is 1. The van der Waals surface area contributed by atoms with Crippen LogP contribution in [0.5, 0.6) is 0 Å². The highest BCUT2D eigenvalue weighted by Crippen LogP contribution is 2.17. The second-order valence-corrected chi connectivity index (χ2v) is 6.08. The van der Waals surface area contributed by atoms with Gasteiger partial charge in [-0.25, -0.2) is 9.78 Å². The molecule has 1 N–H and O–H groups in total. The number of methoxy groups -OCH3 is 1. The predicted molar refractivity (Wildman–Crippen MR) is 96.5 cm³/mol. The summed E-state index contributed by atoms with van der Waals surface area (Å²) in [6.07, 6.45) is 1.36. The van der Waals surface area contributed by atoms with Gasteiger partial charge in [0.2, 0.25) is 0 Å².